The first kappa shape index (κ1) is 25.7. The van der Waals surface area contributed by atoms with E-state index in [9.17, 15) is 18.4 Å². The van der Waals surface area contributed by atoms with Gasteiger partial charge in [0.2, 0.25) is 0 Å². The summed E-state index contributed by atoms with van der Waals surface area (Å²) < 4.78 is 34.7. The maximum atomic E-state index is 14.5. The van der Waals surface area contributed by atoms with Gasteiger partial charge >= 0.3 is 5.97 Å². The Kier molecular flexibility index (Phi) is 7.96. The largest absolute Gasteiger partial charge is 0.381 e. The van der Waals surface area contributed by atoms with E-state index in [-0.39, 0.29) is 29.2 Å². The van der Waals surface area contributed by atoms with Crippen LogP contribution in [0.1, 0.15) is 35.1 Å². The fourth-order valence-corrected chi connectivity index (χ4v) is 4.58. The van der Waals surface area contributed by atoms with Crippen molar-refractivity contribution in [1.82, 2.24) is 4.57 Å². The number of oxime groups is 1. The summed E-state index contributed by atoms with van der Waals surface area (Å²) in [6.07, 6.45) is 2.52. The molecule has 0 unspecified atom stereocenters. The van der Waals surface area contributed by atoms with Gasteiger partial charge in [0.1, 0.15) is 11.6 Å². The van der Waals surface area contributed by atoms with Crippen LogP contribution in [0.4, 0.5) is 8.78 Å². The average Bonchev–Trinajstić information content (AvgIpc) is 2.84. The summed E-state index contributed by atoms with van der Waals surface area (Å²) in [5, 5.41) is 4.63. The van der Waals surface area contributed by atoms with E-state index in [1.54, 1.807) is 18.3 Å². The minimum Gasteiger partial charge on any atom is -0.381 e. The molecule has 1 aliphatic rings. The molecule has 0 spiro atoms. The van der Waals surface area contributed by atoms with Crippen molar-refractivity contribution < 1.29 is 23.1 Å². The predicted octanol–water partition coefficient (Wildman–Crippen LogP) is 5.30. The van der Waals surface area contributed by atoms with Crippen LogP contribution in [0.2, 0.25) is 5.02 Å². The van der Waals surface area contributed by atoms with Crippen molar-refractivity contribution in [3.63, 3.8) is 0 Å². The molecule has 36 heavy (non-hydrogen) atoms. The number of pyridine rings is 1. The Morgan fingerprint density at radius 3 is 2.47 bits per heavy atom. The zero-order valence-corrected chi connectivity index (χ0v) is 20.6. The van der Waals surface area contributed by atoms with Crippen LogP contribution in [-0.4, -0.2) is 29.5 Å². The van der Waals surface area contributed by atoms with Crippen LogP contribution >= 0.6 is 11.6 Å². The van der Waals surface area contributed by atoms with E-state index < -0.39 is 17.6 Å². The molecule has 1 aromatic heterocycles. The van der Waals surface area contributed by atoms with Crippen molar-refractivity contribution >= 4 is 23.3 Å². The van der Waals surface area contributed by atoms with Gasteiger partial charge in [-0.1, -0.05) is 22.8 Å². The van der Waals surface area contributed by atoms with Crippen molar-refractivity contribution in [3.05, 3.63) is 97.9 Å². The van der Waals surface area contributed by atoms with Crippen molar-refractivity contribution in [1.29, 1.82) is 0 Å². The zero-order chi connectivity index (χ0) is 25.8. The molecule has 0 bridgehead atoms. The third kappa shape index (κ3) is 5.88. The molecule has 0 amide bonds. The highest BCUT2D eigenvalue weighted by Gasteiger charge is 2.24. The lowest BCUT2D eigenvalue weighted by Gasteiger charge is -2.19. The molecule has 3 aromatic rings. The van der Waals surface area contributed by atoms with E-state index in [2.05, 4.69) is 5.16 Å². The average molecular weight is 515 g/mol. The molecule has 0 radical (unpaired) electrons. The van der Waals surface area contributed by atoms with Crippen LogP contribution in [-0.2, 0) is 20.8 Å². The molecular weight excluding hydrogens is 490 g/mol. The van der Waals surface area contributed by atoms with Gasteiger partial charge < -0.3 is 9.57 Å². The summed E-state index contributed by atoms with van der Waals surface area (Å²) in [5.41, 5.74) is 2.73. The highest BCUT2D eigenvalue weighted by Crippen LogP contribution is 2.24. The number of halogens is 3. The molecule has 0 N–H and O–H groups in total. The molecule has 1 aliphatic heterocycles. The quantitative estimate of drug-likeness (QED) is 0.254. The first-order valence-corrected chi connectivity index (χ1v) is 11.9. The molecule has 6 nitrogen and oxygen atoms in total. The summed E-state index contributed by atoms with van der Waals surface area (Å²) in [6, 6.07) is 9.63. The second-order valence-electron chi connectivity index (χ2n) is 8.76. The summed E-state index contributed by atoms with van der Waals surface area (Å²) in [4.78, 5) is 30.6. The number of aromatic nitrogens is 1. The van der Waals surface area contributed by atoms with E-state index in [0.717, 1.165) is 23.3 Å². The fraction of sp³-hybridized carbons (Fsp3) is 0.296. The number of hydrogen-bond donors (Lipinski definition) is 0. The first-order chi connectivity index (χ1) is 17.2. The number of ether oxygens (including phenoxy) is 1. The maximum Gasteiger partial charge on any atom is 0.338 e. The Balaban J connectivity index is 1.75. The second-order valence-corrected chi connectivity index (χ2v) is 9.20. The maximum absolute atomic E-state index is 14.5. The smallest absolute Gasteiger partial charge is 0.338 e. The molecule has 2 aromatic carbocycles. The van der Waals surface area contributed by atoms with Crippen LogP contribution in [0, 0.1) is 31.4 Å². The van der Waals surface area contributed by atoms with Gasteiger partial charge in [-0.3, -0.25) is 9.36 Å². The lowest BCUT2D eigenvalue weighted by molar-refractivity contribution is -0.151. The van der Waals surface area contributed by atoms with E-state index in [4.69, 9.17) is 21.2 Å². The van der Waals surface area contributed by atoms with Crippen LogP contribution in [0.3, 0.4) is 0 Å². The predicted molar refractivity (Wildman–Crippen MR) is 133 cm³/mol. The number of aryl methyl sites for hydroxylation is 2. The van der Waals surface area contributed by atoms with Gasteiger partial charge in [0, 0.05) is 48.6 Å². The Morgan fingerprint density at radius 1 is 1.11 bits per heavy atom. The van der Waals surface area contributed by atoms with Crippen LogP contribution in [0.5, 0.6) is 0 Å². The summed E-state index contributed by atoms with van der Waals surface area (Å²) >= 11 is 6.16. The number of rotatable bonds is 6. The van der Waals surface area contributed by atoms with Gasteiger partial charge in [0.05, 0.1) is 17.3 Å². The Labute approximate surface area is 212 Å². The normalized spacial score (nSPS) is 14.6. The van der Waals surface area contributed by atoms with E-state index >= 15 is 0 Å². The number of nitrogens with zero attached hydrogens (tertiary/aromatic N) is 2. The minimum atomic E-state index is -0.754. The van der Waals surface area contributed by atoms with Crippen LogP contribution in [0.15, 0.2) is 58.6 Å². The summed E-state index contributed by atoms with van der Waals surface area (Å²) in [6.45, 7) is 4.60. The van der Waals surface area contributed by atoms with Gasteiger partial charge in [-0.2, -0.15) is 0 Å². The van der Waals surface area contributed by atoms with Crippen LogP contribution in [0.25, 0.3) is 5.69 Å². The Hall–Kier alpha value is -3.36. The number of carbonyl (C=O) groups is 1. The number of hydrogen-bond acceptors (Lipinski definition) is 5. The van der Waals surface area contributed by atoms with E-state index in [1.165, 1.54) is 22.8 Å². The first-order valence-electron chi connectivity index (χ1n) is 11.5. The molecule has 2 heterocycles. The topological polar surface area (TPSA) is 69.9 Å². The molecule has 9 heteroatoms. The van der Waals surface area contributed by atoms with E-state index in [1.807, 2.05) is 13.8 Å². The van der Waals surface area contributed by atoms with Crippen molar-refractivity contribution in [3.8, 4) is 5.69 Å². The van der Waals surface area contributed by atoms with Gasteiger partial charge in [0.15, 0.2) is 0 Å². The Morgan fingerprint density at radius 2 is 1.81 bits per heavy atom. The molecule has 0 aliphatic carbocycles. The lowest BCUT2D eigenvalue weighted by atomic mass is 10.0. The molecular formula is C27H25ClF2N2O4. The molecule has 0 atom stereocenters. The highest BCUT2D eigenvalue weighted by molar-refractivity contribution is 6.30. The summed E-state index contributed by atoms with van der Waals surface area (Å²) in [7, 11) is 0. The Bertz CT molecular complexity index is 1360. The van der Waals surface area contributed by atoms with E-state index in [0.29, 0.717) is 42.3 Å². The fourth-order valence-electron chi connectivity index (χ4n) is 4.26. The van der Waals surface area contributed by atoms with Crippen molar-refractivity contribution in [2.75, 3.05) is 13.2 Å². The minimum absolute atomic E-state index is 0.0933. The second kappa shape index (κ2) is 11.1. The molecule has 0 saturated carbocycles. The van der Waals surface area contributed by atoms with Gasteiger partial charge in [-0.15, -0.1) is 0 Å². The van der Waals surface area contributed by atoms with Gasteiger partial charge in [0.25, 0.3) is 5.56 Å². The lowest BCUT2D eigenvalue weighted by Crippen LogP contribution is -2.25. The highest BCUT2D eigenvalue weighted by atomic mass is 35.5. The third-order valence-corrected chi connectivity index (χ3v) is 6.33. The monoisotopic (exact) mass is 514 g/mol. The van der Waals surface area contributed by atoms with Gasteiger partial charge in [-0.05, 0) is 67.6 Å². The summed E-state index contributed by atoms with van der Waals surface area (Å²) in [5.74, 6) is -2.31. The standard InChI is InChI=1S/C27H25ClF2N2O4/c1-16-11-21(28)12-17(2)26(16)32-15-20(4-6-25(32)33)24(13-19-3-5-22(29)14-23(19)30)31-36-27(34)18-7-9-35-10-8-18/h3-6,11-12,14-15,18H,7-10,13H2,1-2H3. The van der Waals surface area contributed by atoms with Crippen LogP contribution < -0.4 is 5.56 Å². The number of benzene rings is 2. The zero-order valence-electron chi connectivity index (χ0n) is 19.9. The van der Waals surface area contributed by atoms with Crippen molar-refractivity contribution in [2.45, 2.75) is 33.1 Å². The number of carbonyl (C=O) groups excluding carboxylic acids is 1. The molecule has 4 rings (SSSR count). The third-order valence-electron chi connectivity index (χ3n) is 6.11. The van der Waals surface area contributed by atoms with Crippen molar-refractivity contribution in [2.24, 2.45) is 11.1 Å². The molecule has 188 valence electrons. The SMILES string of the molecule is Cc1cc(Cl)cc(C)c1-n1cc(C(Cc2ccc(F)cc2F)=NOC(=O)C2CCOCC2)ccc1=O. The molecule has 1 fully saturated rings. The van der Waals surface area contributed by atoms with Gasteiger partial charge in [-0.25, -0.2) is 13.6 Å². The molecule has 1 saturated heterocycles.